The summed E-state index contributed by atoms with van der Waals surface area (Å²) in [4.78, 5) is 24.1. The number of hydrogen-bond acceptors (Lipinski definition) is 10. The third-order valence-electron chi connectivity index (χ3n) is 5.65. The molecule has 2 aromatic rings. The van der Waals surface area contributed by atoms with Crippen LogP contribution in [0.25, 0.3) is 0 Å². The number of esters is 1. The monoisotopic (exact) mass is 566 g/mol. The largest absolute Gasteiger partial charge is 0.463 e. The lowest BCUT2D eigenvalue weighted by Gasteiger charge is -2.31. The quantitative estimate of drug-likeness (QED) is 0.254. The van der Waals surface area contributed by atoms with Gasteiger partial charge in [0, 0.05) is 53.9 Å². The van der Waals surface area contributed by atoms with Gasteiger partial charge in [0.25, 0.3) is 10.0 Å². The fourth-order valence-corrected chi connectivity index (χ4v) is 6.01. The van der Waals surface area contributed by atoms with Crippen molar-refractivity contribution < 1.29 is 22.3 Å². The van der Waals surface area contributed by atoms with Crippen LogP contribution in [0.4, 0.5) is 4.39 Å². The number of rotatable bonds is 8. The number of carbonyl (C=O) groups is 1. The molecule has 0 spiro atoms. The van der Waals surface area contributed by atoms with E-state index in [9.17, 15) is 17.6 Å². The third-order valence-corrected chi connectivity index (χ3v) is 8.10. The van der Waals surface area contributed by atoms with Crippen LogP contribution in [-0.4, -0.2) is 61.4 Å². The molecule has 14 heteroatoms. The zero-order chi connectivity index (χ0) is 26.7. The number of fused-ring (bicyclic) bond motifs is 1. The molecule has 0 amide bonds. The Labute approximate surface area is 222 Å². The van der Waals surface area contributed by atoms with Crippen molar-refractivity contribution >= 4 is 49.8 Å². The molecule has 0 unspecified atom stereocenters. The predicted molar refractivity (Wildman–Crippen MR) is 140 cm³/mol. The van der Waals surface area contributed by atoms with Crippen molar-refractivity contribution in [2.24, 2.45) is 4.99 Å². The van der Waals surface area contributed by atoms with Crippen LogP contribution in [0.2, 0.25) is 5.02 Å². The fourth-order valence-electron chi connectivity index (χ4n) is 4.12. The molecule has 37 heavy (non-hydrogen) atoms. The first-order valence-electron chi connectivity index (χ1n) is 11.2. The normalized spacial score (nSPS) is 19.7. The van der Waals surface area contributed by atoms with Gasteiger partial charge in [0.2, 0.25) is 0 Å². The number of halogens is 2. The second kappa shape index (κ2) is 11.1. The summed E-state index contributed by atoms with van der Waals surface area (Å²) in [5.41, 5.74) is 1.08. The topological polar surface area (TPSA) is 137 Å². The molecule has 1 aromatic carbocycles. The van der Waals surface area contributed by atoms with Crippen molar-refractivity contribution in [1.82, 2.24) is 19.9 Å². The van der Waals surface area contributed by atoms with Gasteiger partial charge in [-0.05, 0) is 31.3 Å². The molecule has 2 aliphatic heterocycles. The van der Waals surface area contributed by atoms with Gasteiger partial charge in [-0.15, -0.1) is 11.3 Å². The second-order valence-corrected chi connectivity index (χ2v) is 11.0. The molecule has 2 aliphatic rings. The first-order chi connectivity index (χ1) is 17.7. The van der Waals surface area contributed by atoms with Crippen LogP contribution in [0.3, 0.4) is 0 Å². The van der Waals surface area contributed by atoms with E-state index in [1.807, 2.05) is 0 Å². The Kier molecular flexibility index (Phi) is 8.07. The second-order valence-electron chi connectivity index (χ2n) is 8.06. The number of thiazole rings is 1. The van der Waals surface area contributed by atoms with Crippen molar-refractivity contribution in [2.75, 3.05) is 20.2 Å². The molecule has 10 nitrogen and oxygen atoms in total. The van der Waals surface area contributed by atoms with Crippen LogP contribution >= 0.6 is 22.9 Å². The Morgan fingerprint density at radius 3 is 2.86 bits per heavy atom. The number of carbonyl (C=O) groups excluding carboxylic acids is 1. The maximum atomic E-state index is 13.8. The highest BCUT2D eigenvalue weighted by Gasteiger charge is 2.43. The highest BCUT2D eigenvalue weighted by atomic mass is 35.5. The van der Waals surface area contributed by atoms with Crippen molar-refractivity contribution in [3.05, 3.63) is 74.7 Å². The number of amidine groups is 1. The molecule has 0 radical (unpaired) electrons. The lowest BCUT2D eigenvalue weighted by Crippen LogP contribution is -2.41. The summed E-state index contributed by atoms with van der Waals surface area (Å²) >= 11 is 7.71. The van der Waals surface area contributed by atoms with Gasteiger partial charge in [0.15, 0.2) is 15.9 Å². The molecule has 0 aliphatic carbocycles. The molecular weight excluding hydrogens is 543 g/mol. The molecule has 1 aromatic heterocycles. The van der Waals surface area contributed by atoms with Crippen molar-refractivity contribution in [3.8, 4) is 0 Å². The van der Waals surface area contributed by atoms with Crippen molar-refractivity contribution in [1.29, 1.82) is 5.41 Å². The van der Waals surface area contributed by atoms with Crippen LogP contribution < -0.4 is 10.0 Å². The summed E-state index contributed by atoms with van der Waals surface area (Å²) in [5, 5.41) is 12.4. The number of benzene rings is 1. The Balaban J connectivity index is 1.81. The molecule has 4 rings (SSSR count). The van der Waals surface area contributed by atoms with Gasteiger partial charge in [0.05, 0.1) is 12.2 Å². The van der Waals surface area contributed by atoms with Gasteiger partial charge in [0.1, 0.15) is 11.9 Å². The lowest BCUT2D eigenvalue weighted by molar-refractivity contribution is -0.139. The Morgan fingerprint density at radius 2 is 2.22 bits per heavy atom. The van der Waals surface area contributed by atoms with Crippen LogP contribution in [0.5, 0.6) is 0 Å². The van der Waals surface area contributed by atoms with Gasteiger partial charge in [-0.25, -0.2) is 27.3 Å². The molecule has 0 saturated carbocycles. The van der Waals surface area contributed by atoms with E-state index in [2.05, 4.69) is 15.0 Å². The number of hydrogen-bond donors (Lipinski definition) is 3. The number of aliphatic imine (C=N–C) groups is 1. The summed E-state index contributed by atoms with van der Waals surface area (Å²) in [6.45, 7) is 1.92. The van der Waals surface area contributed by atoms with E-state index < -0.39 is 38.9 Å². The van der Waals surface area contributed by atoms with Gasteiger partial charge in [-0.1, -0.05) is 17.7 Å². The minimum Gasteiger partial charge on any atom is -0.463 e. The van der Waals surface area contributed by atoms with E-state index in [1.165, 1.54) is 29.7 Å². The molecule has 1 fully saturated rings. The zero-order valence-corrected chi connectivity index (χ0v) is 22.3. The van der Waals surface area contributed by atoms with Gasteiger partial charge >= 0.3 is 5.97 Å². The SMILES string of the molecule is CCOC(=O)C1=C2C[C@H](NS(=O)(=O)C(=N)/C=C\NC)CN2C(c2nccs2)=N[C@H]1c1ccc(F)cc1Cl. The van der Waals surface area contributed by atoms with Crippen LogP contribution in [0, 0.1) is 11.2 Å². The average Bonchev–Trinajstić information content (AvgIpc) is 3.51. The molecule has 1 saturated heterocycles. The third kappa shape index (κ3) is 5.59. The lowest BCUT2D eigenvalue weighted by atomic mass is 9.94. The zero-order valence-electron chi connectivity index (χ0n) is 19.9. The fraction of sp³-hybridized carbons (Fsp3) is 0.304. The summed E-state index contributed by atoms with van der Waals surface area (Å²) in [6, 6.07) is 2.23. The molecule has 2 atom stereocenters. The summed E-state index contributed by atoms with van der Waals surface area (Å²) < 4.78 is 47.2. The smallest absolute Gasteiger partial charge is 0.338 e. The van der Waals surface area contributed by atoms with E-state index in [0.717, 1.165) is 12.1 Å². The van der Waals surface area contributed by atoms with E-state index in [1.54, 1.807) is 30.4 Å². The Morgan fingerprint density at radius 1 is 1.43 bits per heavy atom. The van der Waals surface area contributed by atoms with Crippen molar-refractivity contribution in [2.45, 2.75) is 25.4 Å². The van der Waals surface area contributed by atoms with Crippen LogP contribution in [0.15, 0.2) is 58.3 Å². The first kappa shape index (κ1) is 26.9. The number of nitrogens with zero attached hydrogens (tertiary/aromatic N) is 3. The highest BCUT2D eigenvalue weighted by molar-refractivity contribution is 8.05. The summed E-state index contributed by atoms with van der Waals surface area (Å²) in [7, 11) is -2.54. The van der Waals surface area contributed by atoms with E-state index in [4.69, 9.17) is 26.7 Å². The van der Waals surface area contributed by atoms with Gasteiger partial charge in [-0.3, -0.25) is 10.4 Å². The minimum absolute atomic E-state index is 0.0862. The summed E-state index contributed by atoms with van der Waals surface area (Å²) in [6.07, 6.45) is 4.20. The maximum Gasteiger partial charge on any atom is 0.338 e. The number of ether oxygens (including phenoxy) is 1. The maximum absolute atomic E-state index is 13.8. The number of nitrogens with one attached hydrogen (secondary N) is 3. The number of aromatic nitrogens is 1. The van der Waals surface area contributed by atoms with E-state index >= 15 is 0 Å². The Hall–Kier alpha value is -3.13. The van der Waals surface area contributed by atoms with Gasteiger partial charge in [-0.2, -0.15) is 0 Å². The molecule has 3 heterocycles. The van der Waals surface area contributed by atoms with E-state index in [0.29, 0.717) is 22.1 Å². The minimum atomic E-state index is -4.13. The summed E-state index contributed by atoms with van der Waals surface area (Å²) in [5.74, 6) is -0.746. The predicted octanol–water partition coefficient (Wildman–Crippen LogP) is 2.96. The van der Waals surface area contributed by atoms with E-state index in [-0.39, 0.29) is 30.2 Å². The standard InChI is InChI=1S/C23H24ClFN6O4S2/c1-3-35-23(32)19-17-11-14(30-37(33,34)18(26)6-7-27-2)12-31(17)21(22-28-8-9-36-22)29-20(19)15-5-4-13(25)10-16(15)24/h4-10,14,20,26-27,30H,3,11-12H2,1-2H3/b7-6-,26-18?/t14-,20-/m0/s1. The Bertz CT molecular complexity index is 1410. The molecule has 0 bridgehead atoms. The van der Waals surface area contributed by atoms with Crippen LogP contribution in [-0.2, 0) is 19.6 Å². The molecule has 196 valence electrons. The molecule has 3 N–H and O–H groups in total. The van der Waals surface area contributed by atoms with Crippen molar-refractivity contribution in [3.63, 3.8) is 0 Å². The van der Waals surface area contributed by atoms with Gasteiger partial charge < -0.3 is 15.0 Å². The average molecular weight is 567 g/mol. The number of sulfonamides is 1. The van der Waals surface area contributed by atoms with Crippen LogP contribution in [0.1, 0.15) is 30.0 Å². The highest BCUT2D eigenvalue weighted by Crippen LogP contribution is 2.42. The first-order valence-corrected chi connectivity index (χ1v) is 13.9. The molecular formula is C23H24ClFN6O4S2.